The molecular formula is C26H25F2N7O3. The predicted molar refractivity (Wildman–Crippen MR) is 136 cm³/mol. The van der Waals surface area contributed by atoms with Gasteiger partial charge < -0.3 is 15.0 Å². The van der Waals surface area contributed by atoms with Crippen molar-refractivity contribution in [1.29, 1.82) is 0 Å². The molecule has 12 heteroatoms. The number of likely N-dealkylation sites (tertiary alicyclic amines) is 1. The van der Waals surface area contributed by atoms with Gasteiger partial charge in [-0.25, -0.2) is 13.8 Å². The Morgan fingerprint density at radius 3 is 2.79 bits per heavy atom. The second-order valence-corrected chi connectivity index (χ2v) is 9.00. The molecule has 1 aromatic carbocycles. The summed E-state index contributed by atoms with van der Waals surface area (Å²) in [5.41, 5.74) is 0.413. The van der Waals surface area contributed by atoms with E-state index in [-0.39, 0.29) is 29.9 Å². The Balaban J connectivity index is 1.63. The first kappa shape index (κ1) is 25.1. The maximum atomic E-state index is 14.4. The zero-order chi connectivity index (χ0) is 26.8. The van der Waals surface area contributed by atoms with Crippen LogP contribution in [0.2, 0.25) is 0 Å². The fourth-order valence-corrected chi connectivity index (χ4v) is 4.52. The summed E-state index contributed by atoms with van der Waals surface area (Å²) in [5, 5.41) is 7.64. The minimum absolute atomic E-state index is 0.176. The minimum atomic E-state index is -0.944. The van der Waals surface area contributed by atoms with Crippen LogP contribution in [0.3, 0.4) is 0 Å². The van der Waals surface area contributed by atoms with E-state index in [9.17, 15) is 18.4 Å². The zero-order valence-electron chi connectivity index (χ0n) is 20.6. The molecule has 1 aliphatic rings. The highest BCUT2D eigenvalue weighted by molar-refractivity contribution is 5.87. The van der Waals surface area contributed by atoms with Gasteiger partial charge in [0.2, 0.25) is 11.9 Å². The van der Waals surface area contributed by atoms with E-state index in [0.29, 0.717) is 35.8 Å². The Bertz CT molecular complexity index is 1580. The lowest BCUT2D eigenvalue weighted by Crippen LogP contribution is -2.37. The molecule has 1 amide bonds. The molecule has 4 heterocycles. The second-order valence-electron chi connectivity index (χ2n) is 9.00. The predicted octanol–water partition coefficient (Wildman–Crippen LogP) is 4.08. The summed E-state index contributed by atoms with van der Waals surface area (Å²) >= 11 is 0. The van der Waals surface area contributed by atoms with E-state index in [1.165, 1.54) is 22.9 Å². The number of aromatic nitrogens is 5. The van der Waals surface area contributed by atoms with Crippen LogP contribution in [0, 0.1) is 11.6 Å². The Morgan fingerprint density at radius 1 is 1.21 bits per heavy atom. The van der Waals surface area contributed by atoms with Crippen molar-refractivity contribution in [2.24, 2.45) is 7.05 Å². The molecule has 0 bridgehead atoms. The minimum Gasteiger partial charge on any atom is -0.448 e. The van der Waals surface area contributed by atoms with Crippen molar-refractivity contribution in [3.05, 3.63) is 77.5 Å². The third kappa shape index (κ3) is 5.10. The molecule has 1 fully saturated rings. The van der Waals surface area contributed by atoms with Crippen LogP contribution in [-0.4, -0.2) is 48.2 Å². The van der Waals surface area contributed by atoms with Crippen molar-refractivity contribution in [2.75, 3.05) is 18.4 Å². The number of amides is 1. The lowest BCUT2D eigenvalue weighted by Gasteiger charge is -2.26. The highest BCUT2D eigenvalue weighted by Crippen LogP contribution is 2.29. The van der Waals surface area contributed by atoms with Crippen molar-refractivity contribution in [3.63, 3.8) is 0 Å². The summed E-state index contributed by atoms with van der Waals surface area (Å²) in [6.07, 6.45) is 8.26. The second kappa shape index (κ2) is 10.4. The van der Waals surface area contributed by atoms with Gasteiger partial charge in [0.25, 0.3) is 5.56 Å². The van der Waals surface area contributed by atoms with Crippen LogP contribution in [0.25, 0.3) is 11.0 Å². The Morgan fingerprint density at radius 2 is 2.05 bits per heavy atom. The molecule has 1 saturated heterocycles. The molecule has 3 aromatic heterocycles. The van der Waals surface area contributed by atoms with E-state index < -0.39 is 23.2 Å². The van der Waals surface area contributed by atoms with Crippen molar-refractivity contribution >= 4 is 28.6 Å². The van der Waals surface area contributed by atoms with E-state index in [2.05, 4.69) is 27.0 Å². The molecule has 1 unspecified atom stereocenters. The molecule has 38 heavy (non-hydrogen) atoms. The summed E-state index contributed by atoms with van der Waals surface area (Å²) in [5.74, 6) is -2.17. The molecule has 1 atom stereocenters. The number of benzene rings is 1. The van der Waals surface area contributed by atoms with Crippen molar-refractivity contribution in [3.8, 4) is 11.5 Å². The molecule has 0 saturated carbocycles. The SMILES string of the molecule is C=CC(=O)N1CCCCC(n2c(=O)c(Oc3ccc(F)cc3F)cc3cnc(Nc4cnn(C)c4)nc32)C1. The standard InChI is InChI=1S/C26H25F2N7O3/c1-3-23(36)34-9-5-4-6-19(15-34)35-24-16(12-29-26(32-24)31-18-13-30-33(2)14-18)10-22(25(35)37)38-21-8-7-17(27)11-20(21)28/h3,7-8,10-14,19H,1,4-6,9,15H2,2H3,(H,29,31,32). The summed E-state index contributed by atoms with van der Waals surface area (Å²) < 4.78 is 36.5. The average Bonchev–Trinajstić information content (AvgIpc) is 3.15. The molecule has 0 spiro atoms. The van der Waals surface area contributed by atoms with Gasteiger partial charge in [-0.1, -0.05) is 6.58 Å². The van der Waals surface area contributed by atoms with Gasteiger partial charge >= 0.3 is 0 Å². The first-order valence-electron chi connectivity index (χ1n) is 12.0. The monoisotopic (exact) mass is 521 g/mol. The molecule has 5 rings (SSSR count). The number of hydrogen-bond donors (Lipinski definition) is 1. The van der Waals surface area contributed by atoms with Crippen LogP contribution < -0.4 is 15.6 Å². The zero-order valence-corrected chi connectivity index (χ0v) is 20.6. The van der Waals surface area contributed by atoms with Gasteiger partial charge in [-0.2, -0.15) is 10.1 Å². The Kier molecular flexibility index (Phi) is 6.86. The number of aryl methyl sites for hydroxylation is 1. The maximum absolute atomic E-state index is 14.4. The van der Waals surface area contributed by atoms with Gasteiger partial charge in [0.15, 0.2) is 17.3 Å². The number of hydrogen-bond acceptors (Lipinski definition) is 7. The Hall–Kier alpha value is -4.61. The van der Waals surface area contributed by atoms with Crippen LogP contribution in [-0.2, 0) is 11.8 Å². The number of nitrogens with zero attached hydrogens (tertiary/aromatic N) is 6. The number of halogens is 2. The smallest absolute Gasteiger partial charge is 0.295 e. The van der Waals surface area contributed by atoms with E-state index in [1.807, 2.05) is 0 Å². The number of carbonyl (C=O) groups excluding carboxylic acids is 1. The molecule has 0 radical (unpaired) electrons. The summed E-state index contributed by atoms with van der Waals surface area (Å²) in [6.45, 7) is 4.37. The largest absolute Gasteiger partial charge is 0.448 e. The van der Waals surface area contributed by atoms with Crippen molar-refractivity contribution in [2.45, 2.75) is 25.3 Å². The Labute approximate surface area is 216 Å². The maximum Gasteiger partial charge on any atom is 0.295 e. The molecule has 10 nitrogen and oxygen atoms in total. The first-order chi connectivity index (χ1) is 18.3. The topological polar surface area (TPSA) is 107 Å². The van der Waals surface area contributed by atoms with Crippen molar-refractivity contribution in [1.82, 2.24) is 29.2 Å². The molecule has 0 aliphatic carbocycles. The number of ether oxygens (including phenoxy) is 1. The average molecular weight is 522 g/mol. The fourth-order valence-electron chi connectivity index (χ4n) is 4.52. The summed E-state index contributed by atoms with van der Waals surface area (Å²) in [7, 11) is 1.78. The third-order valence-corrected chi connectivity index (χ3v) is 6.31. The normalized spacial score (nSPS) is 15.8. The van der Waals surface area contributed by atoms with Crippen LogP contribution in [0.5, 0.6) is 11.5 Å². The molecule has 1 aliphatic heterocycles. The van der Waals surface area contributed by atoms with Crippen LogP contribution in [0.15, 0.2) is 60.3 Å². The lowest BCUT2D eigenvalue weighted by atomic mass is 10.1. The lowest BCUT2D eigenvalue weighted by molar-refractivity contribution is -0.126. The quantitative estimate of drug-likeness (QED) is 0.381. The van der Waals surface area contributed by atoms with Gasteiger partial charge in [0, 0.05) is 44.0 Å². The number of rotatable bonds is 6. The molecular weight excluding hydrogens is 496 g/mol. The van der Waals surface area contributed by atoms with E-state index in [0.717, 1.165) is 25.0 Å². The number of anilines is 2. The highest BCUT2D eigenvalue weighted by Gasteiger charge is 2.26. The number of carbonyl (C=O) groups is 1. The molecule has 196 valence electrons. The third-order valence-electron chi connectivity index (χ3n) is 6.31. The number of nitrogens with one attached hydrogen (secondary N) is 1. The van der Waals surface area contributed by atoms with Crippen LogP contribution >= 0.6 is 0 Å². The summed E-state index contributed by atoms with van der Waals surface area (Å²) in [6, 6.07) is 3.82. The van der Waals surface area contributed by atoms with Crippen LogP contribution in [0.1, 0.15) is 25.3 Å². The van der Waals surface area contributed by atoms with Crippen LogP contribution in [0.4, 0.5) is 20.4 Å². The van der Waals surface area contributed by atoms with Gasteiger partial charge in [0.05, 0.1) is 17.9 Å². The van der Waals surface area contributed by atoms with E-state index in [1.54, 1.807) is 29.0 Å². The van der Waals surface area contributed by atoms with Crippen molar-refractivity contribution < 1.29 is 18.3 Å². The van der Waals surface area contributed by atoms with Gasteiger partial charge in [0.1, 0.15) is 11.5 Å². The number of fused-ring (bicyclic) bond motifs is 1. The molecule has 4 aromatic rings. The van der Waals surface area contributed by atoms with Gasteiger partial charge in [-0.05, 0) is 43.5 Å². The number of pyridine rings is 1. The van der Waals surface area contributed by atoms with E-state index >= 15 is 0 Å². The van der Waals surface area contributed by atoms with E-state index in [4.69, 9.17) is 4.74 Å². The highest BCUT2D eigenvalue weighted by atomic mass is 19.1. The molecule has 1 N–H and O–H groups in total. The summed E-state index contributed by atoms with van der Waals surface area (Å²) in [4.78, 5) is 36.9. The first-order valence-corrected chi connectivity index (χ1v) is 12.0. The van der Waals surface area contributed by atoms with Gasteiger partial charge in [-0.15, -0.1) is 0 Å². The van der Waals surface area contributed by atoms with Gasteiger partial charge in [-0.3, -0.25) is 18.8 Å². The fraction of sp³-hybridized carbons (Fsp3) is 0.269.